The van der Waals surface area contributed by atoms with Gasteiger partial charge in [0.05, 0.1) is 32.8 Å². The number of hydrogen-bond donors (Lipinski definition) is 1. The van der Waals surface area contributed by atoms with E-state index in [4.69, 9.17) is 0 Å². The van der Waals surface area contributed by atoms with Crippen LogP contribution in [0.2, 0.25) is 0 Å². The molecule has 3 aromatic carbocycles. The molecular formula is C27H19F4N3O4S. The highest BCUT2D eigenvalue weighted by Gasteiger charge is 2.33. The Kier molecular flexibility index (Phi) is 6.34. The number of rotatable bonds is 6. The van der Waals surface area contributed by atoms with Crippen molar-refractivity contribution in [3.05, 3.63) is 70.4 Å². The molecule has 0 unspecified atom stereocenters. The number of aryl methyl sites for hydroxylation is 1. The van der Waals surface area contributed by atoms with Gasteiger partial charge in [-0.2, -0.15) is 13.7 Å². The number of halogens is 4. The van der Waals surface area contributed by atoms with Crippen molar-refractivity contribution in [2.75, 3.05) is 0 Å². The van der Waals surface area contributed by atoms with Crippen LogP contribution in [0.1, 0.15) is 25.3 Å². The van der Waals surface area contributed by atoms with Gasteiger partial charge in [0, 0.05) is 23.0 Å². The van der Waals surface area contributed by atoms with E-state index in [1.807, 2.05) is 13.0 Å². The summed E-state index contributed by atoms with van der Waals surface area (Å²) >= 11 is 0. The summed E-state index contributed by atoms with van der Waals surface area (Å²) in [4.78, 5) is 16.2. The summed E-state index contributed by atoms with van der Waals surface area (Å²) < 4.78 is 83.1. The number of hydrogen-bond acceptors (Lipinski definition) is 5. The van der Waals surface area contributed by atoms with E-state index < -0.39 is 32.7 Å². The van der Waals surface area contributed by atoms with E-state index in [9.17, 15) is 35.5 Å². The second kappa shape index (κ2) is 9.43. The third-order valence-electron chi connectivity index (χ3n) is 6.43. The second-order valence-corrected chi connectivity index (χ2v) is 10.3. The number of nitrogens with zero attached hydrogens (tertiary/aromatic N) is 2. The molecule has 1 N–H and O–H groups in total. The highest BCUT2D eigenvalue weighted by Crippen LogP contribution is 2.39. The Morgan fingerprint density at radius 3 is 2.51 bits per heavy atom. The van der Waals surface area contributed by atoms with E-state index in [-0.39, 0.29) is 27.4 Å². The number of alkyl halides is 3. The molecule has 0 fully saturated rings. The third-order valence-corrected chi connectivity index (χ3v) is 7.24. The molecule has 12 heteroatoms. The van der Waals surface area contributed by atoms with Gasteiger partial charge in [0.25, 0.3) is 0 Å². The highest BCUT2D eigenvalue weighted by atomic mass is 32.3. The van der Waals surface area contributed by atoms with E-state index in [0.717, 1.165) is 24.6 Å². The van der Waals surface area contributed by atoms with Crippen molar-refractivity contribution in [3.63, 3.8) is 0 Å². The van der Waals surface area contributed by atoms with Crippen LogP contribution in [0.15, 0.2) is 64.3 Å². The quantitative estimate of drug-likeness (QED) is 0.189. The Bertz CT molecular complexity index is 1990. The molecule has 39 heavy (non-hydrogen) atoms. The average molecular weight is 558 g/mol. The predicted octanol–water partition coefficient (Wildman–Crippen LogP) is 6.53. The van der Waals surface area contributed by atoms with Crippen LogP contribution in [0.25, 0.3) is 44.0 Å². The molecule has 0 aliphatic carbocycles. The van der Waals surface area contributed by atoms with Crippen molar-refractivity contribution >= 4 is 43.1 Å². The molecule has 2 aromatic heterocycles. The van der Waals surface area contributed by atoms with Gasteiger partial charge in [-0.25, -0.2) is 0 Å². The van der Waals surface area contributed by atoms with Gasteiger partial charge in [0.2, 0.25) is 0 Å². The van der Waals surface area contributed by atoms with Crippen LogP contribution >= 0.6 is 0 Å². The molecule has 5 aromatic rings. The van der Waals surface area contributed by atoms with Crippen molar-refractivity contribution < 1.29 is 30.2 Å². The first-order chi connectivity index (χ1) is 18.4. The van der Waals surface area contributed by atoms with Crippen molar-refractivity contribution in [2.45, 2.75) is 37.6 Å². The third kappa shape index (κ3) is 4.81. The molecule has 200 valence electrons. The van der Waals surface area contributed by atoms with E-state index in [0.29, 0.717) is 35.1 Å². The molecule has 0 aliphatic heterocycles. The van der Waals surface area contributed by atoms with Gasteiger partial charge < -0.3 is 14.3 Å². The Labute approximate surface area is 219 Å². The Hall–Kier alpha value is -4.37. The normalized spacial score (nSPS) is 12.3. The summed E-state index contributed by atoms with van der Waals surface area (Å²) in [5.41, 5.74) is 0.763. The molecule has 0 saturated carbocycles. The SMILES string of the molecule is CCCCn1c2cc(-c3cccc(S(=O)(=O)F)c3)c(OC(F)(F)F)cc2c(=O)c2c3ccc(C#N)cc3[nH]c21. The molecule has 0 radical (unpaired) electrons. The van der Waals surface area contributed by atoms with Crippen LogP contribution in [-0.4, -0.2) is 24.3 Å². The van der Waals surface area contributed by atoms with Crippen molar-refractivity contribution in [3.8, 4) is 22.9 Å². The fraction of sp³-hybridized carbons (Fsp3) is 0.185. The summed E-state index contributed by atoms with van der Waals surface area (Å²) in [7, 11) is -5.15. The number of nitriles is 1. The first-order valence-corrected chi connectivity index (χ1v) is 13.2. The van der Waals surface area contributed by atoms with Crippen LogP contribution in [-0.2, 0) is 16.8 Å². The van der Waals surface area contributed by atoms with Crippen LogP contribution in [0.4, 0.5) is 17.1 Å². The number of benzene rings is 3. The smallest absolute Gasteiger partial charge is 0.405 e. The standard InChI is InChI=1S/C27H19F4N3O4S/c1-2-3-9-34-22-12-19(16-5-4-6-17(11-16)39(31,36)37)23(38-27(28,29)30)13-20(22)25(35)24-18-8-7-15(14-32)10-21(18)33-26(24)34/h4-8,10-13,33H,2-3,9H2,1H3. The molecule has 0 atom stereocenters. The lowest BCUT2D eigenvalue weighted by atomic mass is 10.0. The maximum absolute atomic E-state index is 13.7. The average Bonchev–Trinajstić information content (AvgIpc) is 3.26. The highest BCUT2D eigenvalue weighted by molar-refractivity contribution is 7.86. The monoisotopic (exact) mass is 557 g/mol. The minimum Gasteiger partial charge on any atom is -0.405 e. The molecule has 0 spiro atoms. The number of fused-ring (bicyclic) bond motifs is 4. The molecule has 0 amide bonds. The van der Waals surface area contributed by atoms with Gasteiger partial charge in [0.1, 0.15) is 11.4 Å². The molecule has 0 aliphatic rings. The molecular weight excluding hydrogens is 538 g/mol. The van der Waals surface area contributed by atoms with Gasteiger partial charge in [-0.3, -0.25) is 4.79 Å². The van der Waals surface area contributed by atoms with Crippen LogP contribution in [0.5, 0.6) is 5.75 Å². The molecule has 0 bridgehead atoms. The number of H-pyrrole nitrogens is 1. The van der Waals surface area contributed by atoms with E-state index in [2.05, 4.69) is 9.72 Å². The lowest BCUT2D eigenvalue weighted by Crippen LogP contribution is -2.18. The molecule has 5 rings (SSSR count). The lowest BCUT2D eigenvalue weighted by Gasteiger charge is -2.18. The van der Waals surface area contributed by atoms with Gasteiger partial charge in [-0.1, -0.05) is 31.5 Å². The Morgan fingerprint density at radius 2 is 1.85 bits per heavy atom. The number of unbranched alkanes of at least 4 members (excludes halogenated alkanes) is 1. The van der Waals surface area contributed by atoms with Crippen molar-refractivity contribution in [1.29, 1.82) is 5.26 Å². The van der Waals surface area contributed by atoms with Crippen molar-refractivity contribution in [2.24, 2.45) is 0 Å². The Morgan fingerprint density at radius 1 is 1.08 bits per heavy atom. The van der Waals surface area contributed by atoms with E-state index in [1.54, 1.807) is 22.8 Å². The minimum absolute atomic E-state index is 0.0545. The van der Waals surface area contributed by atoms with Gasteiger partial charge in [0.15, 0.2) is 5.43 Å². The van der Waals surface area contributed by atoms with Gasteiger partial charge in [-0.15, -0.1) is 17.1 Å². The number of nitrogens with one attached hydrogen (secondary N) is 1. The molecule has 0 saturated heterocycles. The maximum Gasteiger partial charge on any atom is 0.573 e. The van der Waals surface area contributed by atoms with Gasteiger partial charge in [-0.05, 0) is 48.4 Å². The first-order valence-electron chi connectivity index (χ1n) is 11.8. The first kappa shape index (κ1) is 26.2. The summed E-state index contributed by atoms with van der Waals surface area (Å²) in [6.45, 7) is 2.34. The summed E-state index contributed by atoms with van der Waals surface area (Å²) in [5, 5.41) is 9.98. The van der Waals surface area contributed by atoms with Gasteiger partial charge >= 0.3 is 16.6 Å². The van der Waals surface area contributed by atoms with Crippen LogP contribution < -0.4 is 10.2 Å². The fourth-order valence-corrected chi connectivity index (χ4v) is 5.22. The summed E-state index contributed by atoms with van der Waals surface area (Å²) in [5.74, 6) is -0.742. The summed E-state index contributed by atoms with van der Waals surface area (Å²) in [6.07, 6.45) is -3.70. The minimum atomic E-state index is -5.15. The zero-order chi connectivity index (χ0) is 28.1. The zero-order valence-electron chi connectivity index (χ0n) is 20.3. The second-order valence-electron chi connectivity index (χ2n) is 8.93. The largest absolute Gasteiger partial charge is 0.573 e. The topological polar surface area (TPSA) is 105 Å². The van der Waals surface area contributed by atoms with E-state index in [1.165, 1.54) is 18.2 Å². The lowest BCUT2D eigenvalue weighted by molar-refractivity contribution is -0.274. The number of ether oxygens (including phenoxy) is 1. The van der Waals surface area contributed by atoms with Crippen molar-refractivity contribution in [1.82, 2.24) is 9.55 Å². The zero-order valence-corrected chi connectivity index (χ0v) is 21.1. The number of pyridine rings is 1. The maximum atomic E-state index is 13.7. The Balaban J connectivity index is 1.92. The molecule has 2 heterocycles. The van der Waals surface area contributed by atoms with E-state index >= 15 is 0 Å². The summed E-state index contributed by atoms with van der Waals surface area (Å²) in [6, 6.07) is 13.4. The number of aromatic amines is 1. The predicted molar refractivity (Wildman–Crippen MR) is 138 cm³/mol. The van der Waals surface area contributed by atoms with Crippen LogP contribution in [0, 0.1) is 11.3 Å². The molecule has 7 nitrogen and oxygen atoms in total. The fourth-order valence-electron chi connectivity index (χ4n) is 4.71. The number of aromatic nitrogens is 2. The van der Waals surface area contributed by atoms with Crippen LogP contribution in [0.3, 0.4) is 0 Å².